The summed E-state index contributed by atoms with van der Waals surface area (Å²) in [6.45, 7) is -0.236. The Morgan fingerprint density at radius 3 is 2.80 bits per heavy atom. The number of rotatable bonds is 1. The Labute approximate surface area is 90.5 Å². The van der Waals surface area contributed by atoms with Crippen molar-refractivity contribution in [3.63, 3.8) is 0 Å². The summed E-state index contributed by atoms with van der Waals surface area (Å²) in [5.41, 5.74) is 0.375. The van der Waals surface area contributed by atoms with E-state index in [1.165, 1.54) is 18.2 Å². The molecule has 6 heteroatoms. The molecule has 0 amide bonds. The molecule has 0 radical (unpaired) electrons. The van der Waals surface area contributed by atoms with E-state index in [9.17, 15) is 12.8 Å². The molecule has 0 aromatic heterocycles. The van der Waals surface area contributed by atoms with E-state index < -0.39 is 14.9 Å². The van der Waals surface area contributed by atoms with Crippen LogP contribution in [0.1, 0.15) is 5.56 Å². The molecule has 15 heavy (non-hydrogen) atoms. The molecule has 1 heterocycles. The predicted octanol–water partition coefficient (Wildman–Crippen LogP) is 2.13. The SMILES string of the molecule is O=S(=O)(Cl)C1=Cc2cccc(F)c2OC1. The summed E-state index contributed by atoms with van der Waals surface area (Å²) in [6, 6.07) is 4.27. The van der Waals surface area contributed by atoms with Gasteiger partial charge in [0.1, 0.15) is 6.61 Å². The van der Waals surface area contributed by atoms with Gasteiger partial charge in [0.2, 0.25) is 0 Å². The van der Waals surface area contributed by atoms with Crippen LogP contribution in [0.15, 0.2) is 23.1 Å². The minimum absolute atomic E-state index is 0.0570. The van der Waals surface area contributed by atoms with E-state index in [-0.39, 0.29) is 17.3 Å². The zero-order chi connectivity index (χ0) is 11.1. The van der Waals surface area contributed by atoms with Crippen LogP contribution in [0.3, 0.4) is 0 Å². The van der Waals surface area contributed by atoms with E-state index >= 15 is 0 Å². The normalized spacial score (nSPS) is 15.2. The van der Waals surface area contributed by atoms with Crippen molar-refractivity contribution in [1.29, 1.82) is 0 Å². The van der Waals surface area contributed by atoms with Gasteiger partial charge in [-0.1, -0.05) is 12.1 Å². The van der Waals surface area contributed by atoms with Crippen LogP contribution in [0.5, 0.6) is 5.75 Å². The number of benzene rings is 1. The summed E-state index contributed by atoms with van der Waals surface area (Å²) >= 11 is 0. The van der Waals surface area contributed by atoms with Gasteiger partial charge in [0.15, 0.2) is 11.6 Å². The molecule has 0 N–H and O–H groups in total. The van der Waals surface area contributed by atoms with Crippen LogP contribution in [0.2, 0.25) is 0 Å². The number of para-hydroxylation sites is 1. The molecule has 0 fully saturated rings. The zero-order valence-corrected chi connectivity index (χ0v) is 8.98. The fourth-order valence-electron chi connectivity index (χ4n) is 1.29. The van der Waals surface area contributed by atoms with Gasteiger partial charge in [-0.15, -0.1) is 0 Å². The van der Waals surface area contributed by atoms with Gasteiger partial charge in [-0.3, -0.25) is 0 Å². The molecule has 0 aliphatic carbocycles. The Morgan fingerprint density at radius 2 is 2.13 bits per heavy atom. The maximum Gasteiger partial charge on any atom is 0.260 e. The van der Waals surface area contributed by atoms with E-state index in [0.717, 1.165) is 0 Å². The fourth-order valence-corrected chi connectivity index (χ4v) is 2.03. The van der Waals surface area contributed by atoms with E-state index in [0.29, 0.717) is 5.56 Å². The third kappa shape index (κ3) is 1.98. The van der Waals surface area contributed by atoms with Crippen molar-refractivity contribution < 1.29 is 17.5 Å². The first-order valence-corrected chi connectivity index (χ1v) is 6.36. The molecule has 0 saturated carbocycles. The van der Waals surface area contributed by atoms with Crippen LogP contribution in [0.25, 0.3) is 6.08 Å². The van der Waals surface area contributed by atoms with Gasteiger partial charge in [0, 0.05) is 16.2 Å². The van der Waals surface area contributed by atoms with Crippen molar-refractivity contribution in [2.45, 2.75) is 0 Å². The van der Waals surface area contributed by atoms with E-state index in [4.69, 9.17) is 15.4 Å². The number of hydrogen-bond acceptors (Lipinski definition) is 3. The van der Waals surface area contributed by atoms with Crippen LogP contribution in [0.4, 0.5) is 4.39 Å². The average molecular weight is 249 g/mol. The van der Waals surface area contributed by atoms with Gasteiger partial charge in [-0.25, -0.2) is 12.8 Å². The van der Waals surface area contributed by atoms with Gasteiger partial charge in [0.25, 0.3) is 9.05 Å². The highest BCUT2D eigenvalue weighted by molar-refractivity contribution is 8.17. The number of fused-ring (bicyclic) bond motifs is 1. The second-order valence-electron chi connectivity index (χ2n) is 3.00. The second-order valence-corrected chi connectivity index (χ2v) is 5.61. The largest absolute Gasteiger partial charge is 0.484 e. The molecule has 0 spiro atoms. The first-order chi connectivity index (χ1) is 6.98. The van der Waals surface area contributed by atoms with E-state index in [1.54, 1.807) is 6.07 Å². The Bertz CT molecular complexity index is 536. The molecule has 1 aromatic carbocycles. The minimum atomic E-state index is -3.80. The molecule has 1 aliphatic heterocycles. The average Bonchev–Trinajstić information content (AvgIpc) is 2.16. The van der Waals surface area contributed by atoms with Gasteiger partial charge in [-0.05, 0) is 12.1 Å². The van der Waals surface area contributed by atoms with Crippen molar-refractivity contribution in [2.24, 2.45) is 0 Å². The van der Waals surface area contributed by atoms with Crippen LogP contribution in [0, 0.1) is 5.82 Å². The molecule has 0 bridgehead atoms. The minimum Gasteiger partial charge on any atom is -0.484 e. The molecule has 0 saturated heterocycles. The molecule has 80 valence electrons. The van der Waals surface area contributed by atoms with Gasteiger partial charge in [-0.2, -0.15) is 0 Å². The molecular formula is C9H6ClFO3S. The molecule has 0 unspecified atom stereocenters. The van der Waals surface area contributed by atoms with E-state index in [2.05, 4.69) is 0 Å². The molecule has 2 rings (SSSR count). The van der Waals surface area contributed by atoms with Gasteiger partial charge < -0.3 is 4.74 Å². The quantitative estimate of drug-likeness (QED) is 0.715. The van der Waals surface area contributed by atoms with Crippen molar-refractivity contribution in [2.75, 3.05) is 6.61 Å². The molecule has 1 aliphatic rings. The maximum absolute atomic E-state index is 13.2. The summed E-state index contributed by atoms with van der Waals surface area (Å²) in [4.78, 5) is -0.0673. The fraction of sp³-hybridized carbons (Fsp3) is 0.111. The molecular weight excluding hydrogens is 243 g/mol. The Balaban J connectivity index is 2.56. The van der Waals surface area contributed by atoms with Gasteiger partial charge >= 0.3 is 0 Å². The van der Waals surface area contributed by atoms with Crippen molar-refractivity contribution in [1.82, 2.24) is 0 Å². The lowest BCUT2D eigenvalue weighted by atomic mass is 10.1. The topological polar surface area (TPSA) is 43.4 Å². The highest BCUT2D eigenvalue weighted by atomic mass is 35.7. The lowest BCUT2D eigenvalue weighted by Crippen LogP contribution is -2.12. The lowest BCUT2D eigenvalue weighted by Gasteiger charge is -2.16. The van der Waals surface area contributed by atoms with Crippen LogP contribution in [-0.4, -0.2) is 15.0 Å². The summed E-state index contributed by atoms with van der Waals surface area (Å²) in [5, 5.41) is 0. The first-order valence-electron chi connectivity index (χ1n) is 4.05. The number of ether oxygens (including phenoxy) is 1. The first kappa shape index (κ1) is 10.4. The standard InChI is InChI=1S/C9H6ClFO3S/c10-15(12,13)7-4-6-2-1-3-8(11)9(6)14-5-7/h1-4H,5H2. The molecule has 1 aromatic rings. The lowest BCUT2D eigenvalue weighted by molar-refractivity contribution is 0.333. The van der Waals surface area contributed by atoms with Crippen LogP contribution >= 0.6 is 10.7 Å². The van der Waals surface area contributed by atoms with Crippen LogP contribution in [-0.2, 0) is 9.05 Å². The highest BCUT2D eigenvalue weighted by Crippen LogP contribution is 2.31. The maximum atomic E-state index is 13.2. The molecule has 0 atom stereocenters. The predicted molar refractivity (Wildman–Crippen MR) is 54.6 cm³/mol. The van der Waals surface area contributed by atoms with Crippen LogP contribution < -0.4 is 4.74 Å². The summed E-state index contributed by atoms with van der Waals surface area (Å²) in [7, 11) is 1.35. The number of hydrogen-bond donors (Lipinski definition) is 0. The second kappa shape index (κ2) is 3.50. The monoisotopic (exact) mass is 248 g/mol. The van der Waals surface area contributed by atoms with Crippen molar-refractivity contribution in [3.8, 4) is 5.75 Å². The highest BCUT2D eigenvalue weighted by Gasteiger charge is 2.22. The molecule has 3 nitrogen and oxygen atoms in total. The Kier molecular flexibility index (Phi) is 2.44. The van der Waals surface area contributed by atoms with Crippen molar-refractivity contribution in [3.05, 3.63) is 34.5 Å². The smallest absolute Gasteiger partial charge is 0.260 e. The van der Waals surface area contributed by atoms with E-state index in [1.807, 2.05) is 0 Å². The third-order valence-corrected chi connectivity index (χ3v) is 3.44. The summed E-state index contributed by atoms with van der Waals surface area (Å²) < 4.78 is 40.2. The zero-order valence-electron chi connectivity index (χ0n) is 7.41. The summed E-state index contributed by atoms with van der Waals surface area (Å²) in [5.74, 6) is -0.462. The third-order valence-electron chi connectivity index (χ3n) is 1.99. The Hall–Kier alpha value is -1.07. The van der Waals surface area contributed by atoms with Gasteiger partial charge in [0.05, 0.1) is 4.91 Å². The Morgan fingerprint density at radius 1 is 1.40 bits per heavy atom. The number of halogens is 2. The van der Waals surface area contributed by atoms with Crippen molar-refractivity contribution >= 4 is 25.8 Å². The summed E-state index contributed by atoms with van der Waals surface area (Å²) in [6.07, 6.45) is 1.31.